The Kier molecular flexibility index (Phi) is 47.5. The maximum Gasteiger partial charge on any atom is 0.334 e. The van der Waals surface area contributed by atoms with Crippen molar-refractivity contribution in [3.8, 4) is 11.5 Å². The topological polar surface area (TPSA) is 169 Å². The van der Waals surface area contributed by atoms with Gasteiger partial charge in [-0.05, 0) is 132 Å². The summed E-state index contributed by atoms with van der Waals surface area (Å²) in [5.74, 6) is 1.87. The third-order valence-electron chi connectivity index (χ3n) is 21.5. The monoisotopic (exact) mass is 1400 g/mol. The molecule has 0 spiro atoms. The maximum absolute atomic E-state index is 11.9. The minimum Gasteiger partial charge on any atom is -0.497 e. The molecule has 4 heterocycles. The molecule has 0 saturated carbocycles. The molecule has 2 saturated heterocycles. The Morgan fingerprint density at radius 3 is 1.03 bits per heavy atom. The molecule has 2 fully saturated rings. The van der Waals surface area contributed by atoms with Crippen LogP contribution in [0.5, 0.6) is 11.5 Å². The summed E-state index contributed by atoms with van der Waals surface area (Å²) >= 11 is 0. The van der Waals surface area contributed by atoms with Crippen molar-refractivity contribution in [3.05, 3.63) is 83.0 Å². The lowest BCUT2D eigenvalue weighted by Gasteiger charge is -2.28. The molecule has 2 aromatic carbocycles. The van der Waals surface area contributed by atoms with Gasteiger partial charge in [-0.1, -0.05) is 283 Å². The van der Waals surface area contributed by atoms with Gasteiger partial charge in [0.2, 0.25) is 0 Å². The molecule has 13 nitrogen and oxygen atoms in total. The van der Waals surface area contributed by atoms with Crippen LogP contribution >= 0.6 is 0 Å². The van der Waals surface area contributed by atoms with E-state index in [-0.39, 0.29) is 60.8 Å². The van der Waals surface area contributed by atoms with Crippen LogP contribution in [0.25, 0.3) is 0 Å². The van der Waals surface area contributed by atoms with Gasteiger partial charge in [-0.25, -0.2) is 9.59 Å². The summed E-state index contributed by atoms with van der Waals surface area (Å²) in [4.78, 5) is 23.6. The number of benzene rings is 2. The average Bonchev–Trinajstić information content (AvgIpc) is 1.74. The van der Waals surface area contributed by atoms with Gasteiger partial charge in [-0.15, -0.1) is 0 Å². The highest BCUT2D eigenvalue weighted by Gasteiger charge is 2.37. The number of cyclic esters (lactones) is 2. The number of unbranched alkanes of at least 4 members (excludes halogenated alkanes) is 32. The second-order valence-corrected chi connectivity index (χ2v) is 30.6. The molecule has 0 amide bonds. The van der Waals surface area contributed by atoms with E-state index in [0.29, 0.717) is 31.1 Å². The fourth-order valence-electron chi connectivity index (χ4n) is 15.2. The molecule has 0 aromatic heterocycles. The Hall–Kier alpha value is -3.82. The molecule has 0 aliphatic carbocycles. The van der Waals surface area contributed by atoms with Gasteiger partial charge in [-0.2, -0.15) is 0 Å². The van der Waals surface area contributed by atoms with Crippen molar-refractivity contribution >= 4 is 11.9 Å². The van der Waals surface area contributed by atoms with E-state index in [0.717, 1.165) is 125 Å². The highest BCUT2D eigenvalue weighted by atomic mass is 16.6. The first-order valence-electron chi connectivity index (χ1n) is 41.5. The van der Waals surface area contributed by atoms with Crippen LogP contribution in [0.3, 0.4) is 0 Å². The van der Waals surface area contributed by atoms with Gasteiger partial charge < -0.3 is 53.2 Å². The number of ether oxygens (including phenoxy) is 8. The highest BCUT2D eigenvalue weighted by Crippen LogP contribution is 2.34. The van der Waals surface area contributed by atoms with Crippen LogP contribution in [-0.4, -0.2) is 109 Å². The van der Waals surface area contributed by atoms with E-state index < -0.39 is 18.3 Å². The van der Waals surface area contributed by atoms with E-state index in [1.807, 2.05) is 50.3 Å². The van der Waals surface area contributed by atoms with Gasteiger partial charge in [0.15, 0.2) is 0 Å². The summed E-state index contributed by atoms with van der Waals surface area (Å²) in [6.45, 7) is 11.7. The fraction of sp³-hybridized carbons (Fsp3) is 0.793. The van der Waals surface area contributed by atoms with Crippen molar-refractivity contribution in [2.75, 3.05) is 14.2 Å². The second-order valence-electron chi connectivity index (χ2n) is 30.6. The summed E-state index contributed by atoms with van der Waals surface area (Å²) in [6.07, 6.45) is 58.4. The van der Waals surface area contributed by atoms with Gasteiger partial charge in [0.25, 0.3) is 0 Å². The number of hydrogen-bond acceptors (Lipinski definition) is 13. The first kappa shape index (κ1) is 86.8. The van der Waals surface area contributed by atoms with Crippen molar-refractivity contribution < 1.29 is 62.8 Å². The van der Waals surface area contributed by atoms with Gasteiger partial charge in [0.05, 0.1) is 82.4 Å². The van der Waals surface area contributed by atoms with E-state index in [4.69, 9.17) is 37.9 Å². The number of rotatable bonds is 60. The van der Waals surface area contributed by atoms with Gasteiger partial charge >= 0.3 is 11.9 Å². The van der Waals surface area contributed by atoms with Crippen molar-refractivity contribution in [2.24, 2.45) is 5.92 Å². The summed E-state index contributed by atoms with van der Waals surface area (Å²) in [6, 6.07) is 16.5. The molecule has 0 bridgehead atoms. The van der Waals surface area contributed by atoms with E-state index in [2.05, 4.69) is 45.0 Å². The molecular weight excluding hydrogens is 1250 g/mol. The van der Waals surface area contributed by atoms with E-state index in [1.54, 1.807) is 14.2 Å². The SMILES string of the molecule is CCCCCCCCCCCCC(O)C1CC[C@H]([C@H](O)CCCCCCCCCCC(O)CC2=CC(C)OC2=O)O1.CCCCCCCCCCCCC(OCc1ccc(OC)cc1)C1CC[C@H]([C@@H](CCCCCCCCCCC(C)CC2=CC(C)OC2=O)OCc2ccc(OC)cc2)O1. The van der Waals surface area contributed by atoms with Gasteiger partial charge in [0, 0.05) is 17.6 Å². The van der Waals surface area contributed by atoms with E-state index in [9.17, 15) is 24.9 Å². The Balaban J connectivity index is 0.000000386. The molecule has 6 rings (SSSR count). The molecule has 572 valence electrons. The lowest BCUT2D eigenvalue weighted by Crippen LogP contribution is -2.34. The molecule has 13 heteroatoms. The number of aliphatic hydroxyl groups excluding tert-OH is 3. The first-order chi connectivity index (χ1) is 48.8. The molecule has 100 heavy (non-hydrogen) atoms. The van der Waals surface area contributed by atoms with Crippen molar-refractivity contribution in [2.45, 2.75) is 423 Å². The number of methoxy groups -OCH3 is 2. The normalized spacial score (nSPS) is 20.9. The number of aliphatic hydroxyl groups is 3. The average molecular weight is 1400 g/mol. The zero-order valence-corrected chi connectivity index (χ0v) is 64.5. The van der Waals surface area contributed by atoms with Crippen molar-refractivity contribution in [3.63, 3.8) is 0 Å². The Labute approximate surface area is 609 Å². The molecule has 4 aliphatic heterocycles. The minimum atomic E-state index is -0.461. The minimum absolute atomic E-state index is 0.0636. The fourth-order valence-corrected chi connectivity index (χ4v) is 15.2. The van der Waals surface area contributed by atoms with Crippen LogP contribution in [0.2, 0.25) is 0 Å². The zero-order chi connectivity index (χ0) is 71.6. The smallest absolute Gasteiger partial charge is 0.334 e. The number of hydrogen-bond donors (Lipinski definition) is 3. The summed E-state index contributed by atoms with van der Waals surface area (Å²) in [5.41, 5.74) is 3.82. The third kappa shape index (κ3) is 38.3. The first-order valence-corrected chi connectivity index (χ1v) is 41.5. The Morgan fingerprint density at radius 1 is 0.390 bits per heavy atom. The lowest BCUT2D eigenvalue weighted by atomic mass is 9.95. The lowest BCUT2D eigenvalue weighted by molar-refractivity contribution is -0.140. The van der Waals surface area contributed by atoms with E-state index >= 15 is 0 Å². The van der Waals surface area contributed by atoms with Crippen LogP contribution in [0.15, 0.2) is 71.8 Å². The van der Waals surface area contributed by atoms with Crippen molar-refractivity contribution in [1.82, 2.24) is 0 Å². The van der Waals surface area contributed by atoms with E-state index in [1.165, 1.54) is 205 Å². The molecule has 8 unspecified atom stereocenters. The highest BCUT2D eigenvalue weighted by molar-refractivity contribution is 5.91. The third-order valence-corrected chi connectivity index (χ3v) is 21.5. The van der Waals surface area contributed by atoms with Gasteiger partial charge in [-0.3, -0.25) is 0 Å². The van der Waals surface area contributed by atoms with Crippen molar-refractivity contribution in [1.29, 1.82) is 0 Å². The largest absolute Gasteiger partial charge is 0.497 e. The molecule has 12 atom stereocenters. The predicted molar refractivity (Wildman–Crippen MR) is 408 cm³/mol. The van der Waals surface area contributed by atoms with Crippen LogP contribution in [0, 0.1) is 5.92 Å². The van der Waals surface area contributed by atoms with Crippen LogP contribution in [0.4, 0.5) is 0 Å². The standard InChI is InChI=1S/C52H82O7.C35H64O6/c1-6-7-8-9-10-11-12-16-19-22-25-48(56-39-43-27-31-46(54-4)32-28-43)50-35-36-51(59-50)49(57-40-44-29-33-47(55-5)34-30-44)26-23-20-17-14-13-15-18-21-24-41(2)37-45-38-42(3)58-52(45)53;1-3-4-5-6-7-8-9-13-16-19-22-31(37)33-24-25-34(41-33)32(38)23-20-17-14-11-10-12-15-18-21-30(36)27-29-26-28(2)40-35(29)39/h27-34,38,41-42,48-51H,6-26,35-37,39-40H2,1-5H3;26,28,30-34,36-38H,3-25,27H2,1-2H3/t41?,42?,48?,49-,50?,51-;28?,30?,31?,32-,33?,34-/m11/s1. The Morgan fingerprint density at radius 2 is 0.690 bits per heavy atom. The molecule has 0 radical (unpaired) electrons. The molecule has 3 N–H and O–H groups in total. The number of carbonyl (C=O) groups excluding carboxylic acids is 2. The summed E-state index contributed by atoms with van der Waals surface area (Å²) < 4.78 is 47.6. The van der Waals surface area contributed by atoms with Crippen LogP contribution in [0.1, 0.15) is 354 Å². The molecule has 4 aliphatic rings. The second kappa shape index (κ2) is 54.7. The number of esters is 2. The number of carbonyl (C=O) groups is 2. The maximum atomic E-state index is 11.9. The van der Waals surface area contributed by atoms with Crippen LogP contribution < -0.4 is 9.47 Å². The van der Waals surface area contributed by atoms with Crippen LogP contribution in [-0.2, 0) is 51.2 Å². The zero-order valence-electron chi connectivity index (χ0n) is 64.5. The Bertz CT molecular complexity index is 2410. The molecule has 2 aromatic rings. The van der Waals surface area contributed by atoms with Gasteiger partial charge in [0.1, 0.15) is 23.7 Å². The molecular formula is C87H146O13. The summed E-state index contributed by atoms with van der Waals surface area (Å²) in [5, 5.41) is 31.4. The quantitative estimate of drug-likeness (QED) is 0.0423. The predicted octanol–water partition coefficient (Wildman–Crippen LogP) is 21.9. The summed E-state index contributed by atoms with van der Waals surface area (Å²) in [7, 11) is 3.42.